The second-order valence-corrected chi connectivity index (χ2v) is 4.95. The SMILES string of the molecule is Cc1nnc(-n2nc(C)c(Br)c2C)s1. The minimum atomic E-state index is 0.814. The Morgan fingerprint density at radius 3 is 2.36 bits per heavy atom. The Hall–Kier alpha value is -0.750. The lowest BCUT2D eigenvalue weighted by Crippen LogP contribution is -1.98. The molecule has 74 valence electrons. The van der Waals surface area contributed by atoms with Crippen LogP contribution in [-0.4, -0.2) is 20.0 Å². The van der Waals surface area contributed by atoms with Crippen LogP contribution in [0.5, 0.6) is 0 Å². The predicted molar refractivity (Wildman–Crippen MR) is 58.9 cm³/mol. The smallest absolute Gasteiger partial charge is 0.208 e. The van der Waals surface area contributed by atoms with Crippen molar-refractivity contribution in [2.45, 2.75) is 20.8 Å². The fourth-order valence-electron chi connectivity index (χ4n) is 1.18. The van der Waals surface area contributed by atoms with E-state index in [1.165, 1.54) is 11.3 Å². The summed E-state index contributed by atoms with van der Waals surface area (Å²) in [6.45, 7) is 5.89. The summed E-state index contributed by atoms with van der Waals surface area (Å²) < 4.78 is 2.84. The molecule has 2 aromatic heterocycles. The van der Waals surface area contributed by atoms with E-state index >= 15 is 0 Å². The third kappa shape index (κ3) is 1.48. The van der Waals surface area contributed by atoms with Crippen LogP contribution in [0, 0.1) is 20.8 Å². The second-order valence-electron chi connectivity index (χ2n) is 3.00. The van der Waals surface area contributed by atoms with Crippen molar-refractivity contribution < 1.29 is 0 Å². The highest BCUT2D eigenvalue weighted by atomic mass is 79.9. The monoisotopic (exact) mass is 272 g/mol. The van der Waals surface area contributed by atoms with Crippen molar-refractivity contribution in [1.82, 2.24) is 20.0 Å². The Balaban J connectivity index is 2.57. The Morgan fingerprint density at radius 2 is 1.93 bits per heavy atom. The number of aromatic nitrogens is 4. The molecule has 0 fully saturated rings. The van der Waals surface area contributed by atoms with Crippen molar-refractivity contribution in [3.8, 4) is 5.13 Å². The quantitative estimate of drug-likeness (QED) is 0.801. The standard InChI is InChI=1S/C8H9BrN4S/c1-4-7(9)5(2)13(12-4)8-11-10-6(3)14-8/h1-3H3. The Labute approximate surface area is 94.1 Å². The molecule has 14 heavy (non-hydrogen) atoms. The molecule has 0 spiro atoms. The number of hydrogen-bond acceptors (Lipinski definition) is 4. The third-order valence-corrected chi connectivity index (χ3v) is 3.86. The number of nitrogens with zero attached hydrogens (tertiary/aromatic N) is 4. The maximum Gasteiger partial charge on any atom is 0.233 e. The van der Waals surface area contributed by atoms with Crippen LogP contribution >= 0.6 is 27.3 Å². The first kappa shape index (κ1) is 9.79. The topological polar surface area (TPSA) is 43.6 Å². The number of rotatable bonds is 1. The molecule has 0 N–H and O–H groups in total. The fraction of sp³-hybridized carbons (Fsp3) is 0.375. The first-order chi connectivity index (χ1) is 6.59. The van der Waals surface area contributed by atoms with Crippen LogP contribution in [0.15, 0.2) is 4.47 Å². The second kappa shape index (κ2) is 3.43. The van der Waals surface area contributed by atoms with Gasteiger partial charge in [0.2, 0.25) is 5.13 Å². The zero-order chi connectivity index (χ0) is 10.3. The molecule has 2 aromatic rings. The molecule has 0 atom stereocenters. The van der Waals surface area contributed by atoms with E-state index in [0.717, 1.165) is 26.0 Å². The van der Waals surface area contributed by atoms with Crippen molar-refractivity contribution in [3.63, 3.8) is 0 Å². The predicted octanol–water partition coefficient (Wildman–Crippen LogP) is 2.41. The van der Waals surface area contributed by atoms with Gasteiger partial charge in [-0.15, -0.1) is 10.2 Å². The normalized spacial score (nSPS) is 10.9. The van der Waals surface area contributed by atoms with Gasteiger partial charge in [-0.25, -0.2) is 4.68 Å². The average Bonchev–Trinajstić information content (AvgIpc) is 2.66. The molecular formula is C8H9BrN4S. The van der Waals surface area contributed by atoms with E-state index in [1.54, 1.807) is 0 Å². The summed E-state index contributed by atoms with van der Waals surface area (Å²) in [7, 11) is 0. The summed E-state index contributed by atoms with van der Waals surface area (Å²) in [5.74, 6) is 0. The summed E-state index contributed by atoms with van der Waals surface area (Å²) >= 11 is 5.01. The molecular weight excluding hydrogens is 264 g/mol. The Morgan fingerprint density at radius 1 is 1.21 bits per heavy atom. The Kier molecular flexibility index (Phi) is 2.40. The van der Waals surface area contributed by atoms with Gasteiger partial charge in [0, 0.05) is 0 Å². The van der Waals surface area contributed by atoms with Crippen LogP contribution in [0.3, 0.4) is 0 Å². The van der Waals surface area contributed by atoms with Crippen LogP contribution in [-0.2, 0) is 0 Å². The largest absolute Gasteiger partial charge is 0.233 e. The van der Waals surface area contributed by atoms with Gasteiger partial charge in [0.15, 0.2) is 0 Å². The van der Waals surface area contributed by atoms with E-state index in [1.807, 2.05) is 25.5 Å². The van der Waals surface area contributed by atoms with E-state index in [0.29, 0.717) is 0 Å². The van der Waals surface area contributed by atoms with Gasteiger partial charge in [0.1, 0.15) is 5.01 Å². The molecule has 0 saturated heterocycles. The highest BCUT2D eigenvalue weighted by Crippen LogP contribution is 2.24. The van der Waals surface area contributed by atoms with Crippen LogP contribution in [0.4, 0.5) is 0 Å². The lowest BCUT2D eigenvalue weighted by molar-refractivity contribution is 0.806. The molecule has 0 aliphatic carbocycles. The summed E-state index contributed by atoms with van der Waals surface area (Å²) in [4.78, 5) is 0. The van der Waals surface area contributed by atoms with Gasteiger partial charge >= 0.3 is 0 Å². The molecule has 0 aliphatic rings. The summed E-state index contributed by atoms with van der Waals surface area (Å²) in [5.41, 5.74) is 2.02. The molecule has 6 heteroatoms. The number of hydrogen-bond donors (Lipinski definition) is 0. The maximum absolute atomic E-state index is 4.37. The van der Waals surface area contributed by atoms with Gasteiger partial charge < -0.3 is 0 Å². The lowest BCUT2D eigenvalue weighted by atomic mass is 10.4. The molecule has 2 rings (SSSR count). The van der Waals surface area contributed by atoms with E-state index in [2.05, 4.69) is 31.2 Å². The van der Waals surface area contributed by atoms with Crippen molar-refractivity contribution >= 4 is 27.3 Å². The molecule has 4 nitrogen and oxygen atoms in total. The molecule has 0 bridgehead atoms. The maximum atomic E-state index is 4.37. The minimum absolute atomic E-state index is 0.814. The highest BCUT2D eigenvalue weighted by Gasteiger charge is 2.12. The van der Waals surface area contributed by atoms with E-state index in [9.17, 15) is 0 Å². The van der Waals surface area contributed by atoms with Crippen molar-refractivity contribution in [2.75, 3.05) is 0 Å². The fourth-order valence-corrected chi connectivity index (χ4v) is 2.12. The van der Waals surface area contributed by atoms with Gasteiger partial charge in [0.25, 0.3) is 0 Å². The van der Waals surface area contributed by atoms with Crippen LogP contribution in [0.2, 0.25) is 0 Å². The highest BCUT2D eigenvalue weighted by molar-refractivity contribution is 9.10. The molecule has 0 unspecified atom stereocenters. The van der Waals surface area contributed by atoms with Gasteiger partial charge in [-0.2, -0.15) is 5.10 Å². The van der Waals surface area contributed by atoms with E-state index in [-0.39, 0.29) is 0 Å². The van der Waals surface area contributed by atoms with Gasteiger partial charge in [-0.1, -0.05) is 11.3 Å². The average molecular weight is 273 g/mol. The van der Waals surface area contributed by atoms with Crippen LogP contribution in [0.1, 0.15) is 16.4 Å². The molecule has 2 heterocycles. The lowest BCUT2D eigenvalue weighted by Gasteiger charge is -1.96. The third-order valence-electron chi connectivity index (χ3n) is 1.90. The van der Waals surface area contributed by atoms with Gasteiger partial charge in [0.05, 0.1) is 15.9 Å². The zero-order valence-electron chi connectivity index (χ0n) is 8.08. The van der Waals surface area contributed by atoms with E-state index in [4.69, 9.17) is 0 Å². The zero-order valence-corrected chi connectivity index (χ0v) is 10.5. The van der Waals surface area contributed by atoms with Crippen LogP contribution in [0.25, 0.3) is 5.13 Å². The first-order valence-corrected chi connectivity index (χ1v) is 5.72. The summed E-state index contributed by atoms with van der Waals surface area (Å²) in [6.07, 6.45) is 0. The van der Waals surface area contributed by atoms with Gasteiger partial charge in [-0.3, -0.25) is 0 Å². The molecule has 0 amide bonds. The Bertz CT molecular complexity index is 474. The number of halogens is 1. The summed E-state index contributed by atoms with van der Waals surface area (Å²) in [6, 6.07) is 0. The van der Waals surface area contributed by atoms with Crippen LogP contribution < -0.4 is 0 Å². The van der Waals surface area contributed by atoms with Crippen molar-refractivity contribution in [3.05, 3.63) is 20.9 Å². The molecule has 0 radical (unpaired) electrons. The van der Waals surface area contributed by atoms with Gasteiger partial charge in [-0.05, 0) is 36.7 Å². The minimum Gasteiger partial charge on any atom is -0.208 e. The molecule has 0 aliphatic heterocycles. The summed E-state index contributed by atoms with van der Waals surface area (Å²) in [5, 5.41) is 14.1. The number of aryl methyl sites for hydroxylation is 2. The van der Waals surface area contributed by atoms with E-state index < -0.39 is 0 Å². The molecule has 0 saturated carbocycles. The van der Waals surface area contributed by atoms with Crippen molar-refractivity contribution in [2.24, 2.45) is 0 Å². The molecule has 0 aromatic carbocycles. The van der Waals surface area contributed by atoms with Crippen molar-refractivity contribution in [1.29, 1.82) is 0 Å². The first-order valence-electron chi connectivity index (χ1n) is 4.12.